The van der Waals surface area contributed by atoms with Crippen LogP contribution >= 0.6 is 0 Å². The number of hydrogen-bond donors (Lipinski definition) is 3. The van der Waals surface area contributed by atoms with Gasteiger partial charge in [-0.3, -0.25) is 14.4 Å². The molecule has 15 heavy (non-hydrogen) atoms. The molecule has 0 aliphatic rings. The van der Waals surface area contributed by atoms with Crippen LogP contribution in [0.15, 0.2) is 12.7 Å². The SMILES string of the molecule is C=CC(=O)C(O)CC(CC(=O)O)C(=O)O. The molecule has 0 spiro atoms. The summed E-state index contributed by atoms with van der Waals surface area (Å²) in [5, 5.41) is 26.2. The zero-order valence-corrected chi connectivity index (χ0v) is 7.92. The van der Waals surface area contributed by atoms with Gasteiger partial charge in [-0.25, -0.2) is 0 Å². The van der Waals surface area contributed by atoms with E-state index >= 15 is 0 Å². The molecule has 0 aromatic heterocycles. The molecule has 6 nitrogen and oxygen atoms in total. The van der Waals surface area contributed by atoms with Gasteiger partial charge < -0.3 is 15.3 Å². The summed E-state index contributed by atoms with van der Waals surface area (Å²) in [7, 11) is 0. The Morgan fingerprint density at radius 2 is 1.80 bits per heavy atom. The van der Waals surface area contributed by atoms with Crippen molar-refractivity contribution in [3.8, 4) is 0 Å². The first-order valence-corrected chi connectivity index (χ1v) is 4.17. The molecule has 0 aliphatic carbocycles. The Morgan fingerprint density at radius 1 is 1.27 bits per heavy atom. The van der Waals surface area contributed by atoms with Crippen molar-refractivity contribution in [1.82, 2.24) is 0 Å². The molecule has 0 aromatic rings. The Balaban J connectivity index is 4.40. The van der Waals surface area contributed by atoms with Crippen LogP contribution < -0.4 is 0 Å². The van der Waals surface area contributed by atoms with Crippen molar-refractivity contribution in [2.24, 2.45) is 5.92 Å². The maximum Gasteiger partial charge on any atom is 0.307 e. The summed E-state index contributed by atoms with van der Waals surface area (Å²) in [5.41, 5.74) is 0. The molecule has 0 saturated heterocycles. The number of rotatable bonds is 7. The van der Waals surface area contributed by atoms with Crippen molar-refractivity contribution in [1.29, 1.82) is 0 Å². The smallest absolute Gasteiger partial charge is 0.307 e. The first-order chi connectivity index (χ1) is 6.88. The largest absolute Gasteiger partial charge is 0.481 e. The number of carboxylic acid groups (broad SMARTS) is 2. The van der Waals surface area contributed by atoms with Crippen LogP contribution in [-0.2, 0) is 14.4 Å². The summed E-state index contributed by atoms with van der Waals surface area (Å²) in [6.07, 6.45) is -1.70. The van der Waals surface area contributed by atoms with E-state index in [1.54, 1.807) is 0 Å². The third kappa shape index (κ3) is 4.92. The van der Waals surface area contributed by atoms with Crippen LogP contribution in [0.3, 0.4) is 0 Å². The zero-order valence-electron chi connectivity index (χ0n) is 7.92. The van der Waals surface area contributed by atoms with Gasteiger partial charge in [0.05, 0.1) is 12.3 Å². The molecule has 6 heteroatoms. The molecule has 2 atom stereocenters. The highest BCUT2D eigenvalue weighted by Gasteiger charge is 2.26. The number of carbonyl (C=O) groups is 3. The van der Waals surface area contributed by atoms with Gasteiger partial charge in [0.25, 0.3) is 0 Å². The molecule has 0 fully saturated rings. The molecule has 0 aromatic carbocycles. The van der Waals surface area contributed by atoms with Gasteiger partial charge in [-0.15, -0.1) is 0 Å². The van der Waals surface area contributed by atoms with Gasteiger partial charge in [0, 0.05) is 0 Å². The number of aliphatic hydroxyl groups excluding tert-OH is 1. The minimum atomic E-state index is -1.51. The first kappa shape index (κ1) is 13.3. The highest BCUT2D eigenvalue weighted by Crippen LogP contribution is 2.13. The Bertz CT molecular complexity index is 282. The monoisotopic (exact) mass is 216 g/mol. The van der Waals surface area contributed by atoms with Crippen molar-refractivity contribution in [3.05, 3.63) is 12.7 Å². The van der Waals surface area contributed by atoms with E-state index < -0.39 is 42.6 Å². The van der Waals surface area contributed by atoms with Gasteiger partial charge >= 0.3 is 11.9 Å². The highest BCUT2D eigenvalue weighted by molar-refractivity contribution is 5.93. The molecular formula is C9H12O6. The van der Waals surface area contributed by atoms with Gasteiger partial charge in [-0.1, -0.05) is 6.58 Å². The highest BCUT2D eigenvalue weighted by atomic mass is 16.4. The Labute approximate surface area is 85.8 Å². The molecule has 0 radical (unpaired) electrons. The lowest BCUT2D eigenvalue weighted by Gasteiger charge is -2.12. The fourth-order valence-electron chi connectivity index (χ4n) is 1.00. The number of hydrogen-bond acceptors (Lipinski definition) is 4. The lowest BCUT2D eigenvalue weighted by molar-refractivity contribution is -0.149. The fraction of sp³-hybridized carbons (Fsp3) is 0.444. The number of aliphatic hydroxyl groups is 1. The molecule has 2 unspecified atom stereocenters. The van der Waals surface area contributed by atoms with Crippen molar-refractivity contribution >= 4 is 17.7 Å². The van der Waals surface area contributed by atoms with Crippen LogP contribution in [0.25, 0.3) is 0 Å². The Kier molecular flexibility index (Phi) is 5.25. The van der Waals surface area contributed by atoms with Crippen molar-refractivity contribution in [2.45, 2.75) is 18.9 Å². The predicted molar refractivity (Wildman–Crippen MR) is 49.2 cm³/mol. The number of aliphatic carboxylic acids is 2. The quantitative estimate of drug-likeness (QED) is 0.502. The molecule has 84 valence electrons. The minimum Gasteiger partial charge on any atom is -0.481 e. The fourth-order valence-corrected chi connectivity index (χ4v) is 1.00. The number of carbonyl (C=O) groups excluding carboxylic acids is 1. The Hall–Kier alpha value is -1.69. The maximum atomic E-state index is 10.8. The van der Waals surface area contributed by atoms with Crippen molar-refractivity contribution in [2.75, 3.05) is 0 Å². The minimum absolute atomic E-state index is 0.424. The van der Waals surface area contributed by atoms with Crippen LogP contribution in [0, 0.1) is 5.92 Å². The standard InChI is InChI=1S/C9H12O6/c1-2-6(10)7(11)3-5(9(14)15)4-8(12)13/h2,5,7,11H,1,3-4H2,(H,12,13)(H,14,15). The van der Waals surface area contributed by atoms with Crippen LogP contribution in [-0.4, -0.2) is 39.1 Å². The van der Waals surface area contributed by atoms with Crippen molar-refractivity contribution < 1.29 is 29.7 Å². The van der Waals surface area contributed by atoms with Crippen LogP contribution in [0.1, 0.15) is 12.8 Å². The molecule has 0 amide bonds. The van der Waals surface area contributed by atoms with E-state index in [0.29, 0.717) is 0 Å². The summed E-state index contributed by atoms with van der Waals surface area (Å²) in [5.74, 6) is -4.64. The maximum absolute atomic E-state index is 10.8. The van der Waals surface area contributed by atoms with Crippen LogP contribution in [0.2, 0.25) is 0 Å². The molecular weight excluding hydrogens is 204 g/mol. The number of carboxylic acids is 2. The topological polar surface area (TPSA) is 112 Å². The lowest BCUT2D eigenvalue weighted by Crippen LogP contribution is -2.27. The van der Waals surface area contributed by atoms with E-state index in [1.165, 1.54) is 0 Å². The third-order valence-electron chi connectivity index (χ3n) is 1.81. The van der Waals surface area contributed by atoms with E-state index in [9.17, 15) is 19.5 Å². The van der Waals surface area contributed by atoms with Crippen molar-refractivity contribution in [3.63, 3.8) is 0 Å². The molecule has 0 aliphatic heterocycles. The second-order valence-electron chi connectivity index (χ2n) is 2.99. The lowest BCUT2D eigenvalue weighted by atomic mass is 9.96. The average Bonchev–Trinajstić information content (AvgIpc) is 2.14. The molecule has 0 rings (SSSR count). The zero-order chi connectivity index (χ0) is 12.0. The van der Waals surface area contributed by atoms with Gasteiger partial charge in [0.15, 0.2) is 5.78 Å². The molecule has 0 heterocycles. The Morgan fingerprint density at radius 3 is 2.13 bits per heavy atom. The van der Waals surface area contributed by atoms with Gasteiger partial charge in [-0.05, 0) is 12.5 Å². The summed E-state index contributed by atoms with van der Waals surface area (Å²) in [6.45, 7) is 3.12. The van der Waals surface area contributed by atoms with Gasteiger partial charge in [-0.2, -0.15) is 0 Å². The number of ketones is 1. The summed E-state index contributed by atoms with van der Waals surface area (Å²) < 4.78 is 0. The van der Waals surface area contributed by atoms with E-state index in [2.05, 4.69) is 6.58 Å². The van der Waals surface area contributed by atoms with E-state index in [4.69, 9.17) is 10.2 Å². The molecule has 0 bridgehead atoms. The molecule has 0 saturated carbocycles. The first-order valence-electron chi connectivity index (χ1n) is 4.17. The van der Waals surface area contributed by atoms with E-state index in [-0.39, 0.29) is 0 Å². The normalized spacial score (nSPS) is 13.9. The second-order valence-corrected chi connectivity index (χ2v) is 2.99. The second kappa shape index (κ2) is 5.92. The van der Waals surface area contributed by atoms with E-state index in [0.717, 1.165) is 6.08 Å². The summed E-state index contributed by atoms with van der Waals surface area (Å²) in [4.78, 5) is 31.7. The van der Waals surface area contributed by atoms with Gasteiger partial charge in [0.1, 0.15) is 6.10 Å². The summed E-state index contributed by atoms with van der Waals surface area (Å²) in [6, 6.07) is 0. The third-order valence-corrected chi connectivity index (χ3v) is 1.81. The van der Waals surface area contributed by atoms with Crippen LogP contribution in [0.5, 0.6) is 0 Å². The van der Waals surface area contributed by atoms with Gasteiger partial charge in [0.2, 0.25) is 0 Å². The summed E-state index contributed by atoms with van der Waals surface area (Å²) >= 11 is 0. The predicted octanol–water partition coefficient (Wildman–Crippen LogP) is -0.332. The van der Waals surface area contributed by atoms with Crippen LogP contribution in [0.4, 0.5) is 0 Å². The van der Waals surface area contributed by atoms with E-state index in [1.807, 2.05) is 0 Å². The molecule has 3 N–H and O–H groups in total. The average molecular weight is 216 g/mol.